The molecule has 2 N–H and O–H groups in total. The Labute approximate surface area is 155 Å². The van der Waals surface area contributed by atoms with Crippen LogP contribution < -0.4 is 10.9 Å². The van der Waals surface area contributed by atoms with Gasteiger partial charge in [-0.2, -0.15) is 10.2 Å². The predicted molar refractivity (Wildman–Crippen MR) is 100 cm³/mol. The number of nitrogens with zero attached hydrogens (tertiary/aromatic N) is 2. The first kappa shape index (κ1) is 17.7. The molecule has 0 saturated heterocycles. The Balaban J connectivity index is 1.09. The van der Waals surface area contributed by atoms with Gasteiger partial charge in [0, 0.05) is 25.3 Å². The van der Waals surface area contributed by atoms with Gasteiger partial charge in [-0.3, -0.25) is 9.59 Å². The van der Waals surface area contributed by atoms with Crippen LogP contribution in [0.25, 0.3) is 0 Å². The largest absolute Gasteiger partial charge is 0.273 e. The third-order valence-corrected chi connectivity index (χ3v) is 7.08. The number of fused-ring (bicyclic) bond motifs is 4. The minimum absolute atomic E-state index is 0.142. The molecule has 6 nitrogen and oxygen atoms in total. The monoisotopic (exact) mass is 358 g/mol. The zero-order chi connectivity index (χ0) is 17.9. The molecule has 6 atom stereocenters. The molecule has 4 saturated carbocycles. The molecule has 4 aliphatic carbocycles. The van der Waals surface area contributed by atoms with Crippen LogP contribution >= 0.6 is 0 Å². The van der Waals surface area contributed by atoms with Crippen LogP contribution in [-0.4, -0.2) is 24.2 Å². The molecular weight excluding hydrogens is 328 g/mol. The maximum atomic E-state index is 11.8. The van der Waals surface area contributed by atoms with E-state index in [4.69, 9.17) is 0 Å². The molecule has 4 bridgehead atoms. The van der Waals surface area contributed by atoms with E-state index < -0.39 is 0 Å². The fourth-order valence-electron chi connectivity index (χ4n) is 5.70. The Morgan fingerprint density at radius 1 is 0.731 bits per heavy atom. The van der Waals surface area contributed by atoms with Crippen LogP contribution in [0.5, 0.6) is 0 Å². The highest BCUT2D eigenvalue weighted by Crippen LogP contribution is 2.48. The van der Waals surface area contributed by atoms with Gasteiger partial charge in [-0.05, 0) is 74.0 Å². The standard InChI is InChI=1S/C20H30N4O2/c25-19(23-21-11-17-9-13-1-3-15(17)7-13)5-6-20(26)24-22-12-18-10-14-2-4-16(18)8-14/h11-18H,1-10H2,(H,23,25)(H,24,26)/b21-11-,22-12-/t13-,14+,15-,16-,17+,18+/m1/s1. The average molecular weight is 358 g/mol. The smallest absolute Gasteiger partial charge is 0.240 e. The molecule has 0 unspecified atom stereocenters. The fraction of sp³-hybridized carbons (Fsp3) is 0.800. The Kier molecular flexibility index (Phi) is 5.36. The SMILES string of the molecule is O=C(CCC(=O)N/N=C\[C@@H]1C[C@H]2CC[C@@H]1C2)N/N=C\[C@@H]1C[C@@H]2CC[C@@H]1C2. The van der Waals surface area contributed by atoms with Crippen molar-refractivity contribution in [2.24, 2.45) is 45.7 Å². The normalized spacial score (nSPS) is 37.8. The van der Waals surface area contributed by atoms with Crippen LogP contribution in [-0.2, 0) is 9.59 Å². The van der Waals surface area contributed by atoms with Crippen LogP contribution in [0.2, 0.25) is 0 Å². The quantitative estimate of drug-likeness (QED) is 0.542. The number of rotatable bonds is 7. The third kappa shape index (κ3) is 4.15. The number of carbonyl (C=O) groups excluding carboxylic acids is 2. The van der Waals surface area contributed by atoms with Crippen LogP contribution in [0.15, 0.2) is 10.2 Å². The summed E-state index contributed by atoms with van der Waals surface area (Å²) in [6, 6.07) is 0. The van der Waals surface area contributed by atoms with Gasteiger partial charge in [-0.25, -0.2) is 10.9 Å². The minimum Gasteiger partial charge on any atom is -0.273 e. The van der Waals surface area contributed by atoms with E-state index in [1.165, 1.54) is 51.4 Å². The lowest BCUT2D eigenvalue weighted by Gasteiger charge is -2.16. The second-order valence-corrected chi connectivity index (χ2v) is 8.80. The van der Waals surface area contributed by atoms with Crippen LogP contribution in [0.3, 0.4) is 0 Å². The Bertz CT molecular complexity index is 551. The number of nitrogens with one attached hydrogen (secondary N) is 2. The van der Waals surface area contributed by atoms with Gasteiger partial charge < -0.3 is 0 Å². The third-order valence-electron chi connectivity index (χ3n) is 7.08. The van der Waals surface area contributed by atoms with E-state index in [1.54, 1.807) is 0 Å². The molecule has 26 heavy (non-hydrogen) atoms. The van der Waals surface area contributed by atoms with Gasteiger partial charge in [0.05, 0.1) is 0 Å². The van der Waals surface area contributed by atoms with E-state index in [9.17, 15) is 9.59 Å². The lowest BCUT2D eigenvalue weighted by atomic mass is 9.90. The van der Waals surface area contributed by atoms with Crippen molar-refractivity contribution in [1.29, 1.82) is 0 Å². The van der Waals surface area contributed by atoms with Crippen molar-refractivity contribution >= 4 is 24.2 Å². The molecule has 4 aliphatic rings. The molecule has 0 aromatic heterocycles. The van der Waals surface area contributed by atoms with Crippen molar-refractivity contribution < 1.29 is 9.59 Å². The van der Waals surface area contributed by atoms with Gasteiger partial charge in [-0.1, -0.05) is 12.8 Å². The number of hydrogen-bond donors (Lipinski definition) is 2. The first-order chi connectivity index (χ1) is 12.7. The van der Waals surface area contributed by atoms with Gasteiger partial charge in [0.1, 0.15) is 0 Å². The molecule has 4 fully saturated rings. The van der Waals surface area contributed by atoms with Crippen LogP contribution in [0, 0.1) is 35.5 Å². The molecule has 0 spiro atoms. The molecular formula is C20H30N4O2. The molecule has 2 amide bonds. The number of carbonyl (C=O) groups is 2. The summed E-state index contributed by atoms with van der Waals surface area (Å²) in [6.45, 7) is 0. The highest BCUT2D eigenvalue weighted by Gasteiger charge is 2.39. The summed E-state index contributed by atoms with van der Waals surface area (Å²) in [4.78, 5) is 23.6. The van der Waals surface area contributed by atoms with Gasteiger partial charge in [-0.15, -0.1) is 0 Å². The molecule has 4 rings (SSSR count). The van der Waals surface area contributed by atoms with Gasteiger partial charge in [0.2, 0.25) is 11.8 Å². The second kappa shape index (κ2) is 7.89. The van der Waals surface area contributed by atoms with Gasteiger partial charge >= 0.3 is 0 Å². The van der Waals surface area contributed by atoms with Crippen molar-refractivity contribution in [2.75, 3.05) is 0 Å². The number of hydrazone groups is 2. The van der Waals surface area contributed by atoms with Crippen LogP contribution in [0.1, 0.15) is 64.2 Å². The van der Waals surface area contributed by atoms with Crippen molar-refractivity contribution in [1.82, 2.24) is 10.9 Å². The summed E-state index contributed by atoms with van der Waals surface area (Å²) in [7, 11) is 0. The van der Waals surface area contributed by atoms with E-state index in [0.29, 0.717) is 11.8 Å². The Morgan fingerprint density at radius 2 is 1.19 bits per heavy atom. The fourth-order valence-corrected chi connectivity index (χ4v) is 5.70. The molecule has 6 heteroatoms. The van der Waals surface area contributed by atoms with Gasteiger partial charge in [0.25, 0.3) is 0 Å². The zero-order valence-corrected chi connectivity index (χ0v) is 15.4. The number of hydrogen-bond acceptors (Lipinski definition) is 4. The highest BCUT2D eigenvalue weighted by atomic mass is 16.2. The molecule has 0 aromatic rings. The maximum Gasteiger partial charge on any atom is 0.240 e. The van der Waals surface area contributed by atoms with Crippen molar-refractivity contribution in [3.8, 4) is 0 Å². The van der Waals surface area contributed by atoms with E-state index in [-0.39, 0.29) is 24.7 Å². The summed E-state index contributed by atoms with van der Waals surface area (Å²) in [5, 5.41) is 8.20. The molecule has 0 aliphatic heterocycles. The molecule has 0 heterocycles. The molecule has 0 aromatic carbocycles. The van der Waals surface area contributed by atoms with Crippen molar-refractivity contribution in [3.05, 3.63) is 0 Å². The summed E-state index contributed by atoms with van der Waals surface area (Å²) in [5.74, 6) is 3.90. The average Bonchev–Trinajstić information content (AvgIpc) is 3.41. The van der Waals surface area contributed by atoms with Crippen molar-refractivity contribution in [3.63, 3.8) is 0 Å². The topological polar surface area (TPSA) is 82.9 Å². The molecule has 0 radical (unpaired) electrons. The number of amides is 2. The maximum absolute atomic E-state index is 11.8. The summed E-state index contributed by atoms with van der Waals surface area (Å²) in [6.07, 6.45) is 14.5. The highest BCUT2D eigenvalue weighted by molar-refractivity contribution is 5.84. The first-order valence-corrected chi connectivity index (χ1v) is 10.3. The van der Waals surface area contributed by atoms with Crippen LogP contribution in [0.4, 0.5) is 0 Å². The van der Waals surface area contributed by atoms with E-state index >= 15 is 0 Å². The molecule has 142 valence electrons. The summed E-state index contributed by atoms with van der Waals surface area (Å²) in [5.41, 5.74) is 5.11. The zero-order valence-electron chi connectivity index (χ0n) is 15.4. The summed E-state index contributed by atoms with van der Waals surface area (Å²) >= 11 is 0. The first-order valence-electron chi connectivity index (χ1n) is 10.3. The minimum atomic E-state index is -0.211. The Hall–Kier alpha value is -1.72. The second-order valence-electron chi connectivity index (χ2n) is 8.80. The van der Waals surface area contributed by atoms with Gasteiger partial charge in [0.15, 0.2) is 0 Å². The van der Waals surface area contributed by atoms with E-state index in [0.717, 1.165) is 23.7 Å². The van der Waals surface area contributed by atoms with Crippen molar-refractivity contribution in [2.45, 2.75) is 64.2 Å². The summed E-state index contributed by atoms with van der Waals surface area (Å²) < 4.78 is 0. The lowest BCUT2D eigenvalue weighted by molar-refractivity contribution is -0.126. The lowest BCUT2D eigenvalue weighted by Crippen LogP contribution is -2.24. The predicted octanol–water partition coefficient (Wildman–Crippen LogP) is 2.84. The van der Waals surface area contributed by atoms with E-state index in [1.807, 2.05) is 12.4 Å². The van der Waals surface area contributed by atoms with E-state index in [2.05, 4.69) is 21.1 Å². The Morgan fingerprint density at radius 3 is 1.54 bits per heavy atom.